The quantitative estimate of drug-likeness (QED) is 0.551. The van der Waals surface area contributed by atoms with Gasteiger partial charge >= 0.3 is 0 Å². The minimum Gasteiger partial charge on any atom is -0.743 e. The first-order valence-electron chi connectivity index (χ1n) is 5.10. The van der Waals surface area contributed by atoms with Crippen LogP contribution in [-0.4, -0.2) is 0 Å². The molecule has 17 heavy (non-hydrogen) atoms. The van der Waals surface area contributed by atoms with E-state index in [0.29, 0.717) is 10.9 Å². The van der Waals surface area contributed by atoms with Crippen LogP contribution in [0.15, 0.2) is 48.5 Å². The van der Waals surface area contributed by atoms with Crippen LogP contribution in [-0.2, 0) is 0 Å². The third-order valence-corrected chi connectivity index (χ3v) is 2.51. The Labute approximate surface area is 99.2 Å². The van der Waals surface area contributed by atoms with Gasteiger partial charge in [0.1, 0.15) is 0 Å². The number of hydrogen-bond donors (Lipinski definition) is 3. The van der Waals surface area contributed by atoms with E-state index in [1.165, 1.54) is 0 Å². The molecule has 0 bridgehead atoms. The van der Waals surface area contributed by atoms with Gasteiger partial charge in [-0.2, -0.15) is 0 Å². The van der Waals surface area contributed by atoms with E-state index in [0.717, 1.165) is 16.8 Å². The van der Waals surface area contributed by atoms with Crippen LogP contribution in [0.2, 0.25) is 0 Å². The molecule has 5 heteroatoms. The summed E-state index contributed by atoms with van der Waals surface area (Å²) in [4.78, 5) is 0. The van der Waals surface area contributed by atoms with Crippen molar-refractivity contribution in [2.24, 2.45) is 11.7 Å². The zero-order valence-corrected chi connectivity index (χ0v) is 9.13. The highest BCUT2D eigenvalue weighted by atomic mass is 16.5. The number of benzene rings is 2. The van der Waals surface area contributed by atoms with Crippen molar-refractivity contribution in [1.29, 1.82) is 0 Å². The Kier molecular flexibility index (Phi) is 3.24. The average molecular weight is 229 g/mol. The number of nitrogens with zero attached hydrogens (tertiary/aromatic N) is 1. The molecule has 2 aromatic rings. The highest BCUT2D eigenvalue weighted by Gasteiger charge is 1.98. The first-order valence-corrected chi connectivity index (χ1v) is 5.10. The third-order valence-electron chi connectivity index (χ3n) is 2.51. The van der Waals surface area contributed by atoms with E-state index in [2.05, 4.69) is 5.43 Å². The Balaban J connectivity index is 2.26. The van der Waals surface area contributed by atoms with Crippen LogP contribution in [0.4, 0.5) is 11.4 Å². The molecule has 0 heterocycles. The average Bonchev–Trinajstić information content (AvgIpc) is 2.39. The fraction of sp³-hybridized carbons (Fsp3) is 0. The van der Waals surface area contributed by atoms with Crippen molar-refractivity contribution in [1.82, 2.24) is 0 Å². The number of hydrogen-bond acceptors (Lipinski definition) is 5. The Morgan fingerprint density at radius 2 is 1.35 bits per heavy atom. The summed E-state index contributed by atoms with van der Waals surface area (Å²) in [6.45, 7) is 0. The van der Waals surface area contributed by atoms with Crippen LogP contribution in [0.1, 0.15) is 0 Å². The number of nitrogens with one attached hydrogen (secondary N) is 1. The molecule has 2 aromatic carbocycles. The fourth-order valence-corrected chi connectivity index (χ4v) is 1.56. The maximum Gasteiger partial charge on any atom is 0.0485 e. The summed E-state index contributed by atoms with van der Waals surface area (Å²) < 4.78 is 0. The summed E-state index contributed by atoms with van der Waals surface area (Å²) in [6.07, 6.45) is 0. The minimum absolute atomic E-state index is 0.339. The lowest BCUT2D eigenvalue weighted by molar-refractivity contribution is 1.09. The molecule has 0 aliphatic rings. The maximum absolute atomic E-state index is 10.8. The summed E-state index contributed by atoms with van der Waals surface area (Å²) in [5.41, 5.74) is 5.90. The van der Waals surface area contributed by atoms with Gasteiger partial charge in [0.05, 0.1) is 0 Å². The van der Waals surface area contributed by atoms with Gasteiger partial charge in [0.2, 0.25) is 0 Å². The maximum atomic E-state index is 10.8. The smallest absolute Gasteiger partial charge is 0.0485 e. The van der Waals surface area contributed by atoms with E-state index < -0.39 is 0 Å². The lowest BCUT2D eigenvalue weighted by Gasteiger charge is -2.23. The lowest BCUT2D eigenvalue weighted by atomic mass is 10.1. The van der Waals surface area contributed by atoms with Crippen LogP contribution < -0.4 is 22.3 Å². The van der Waals surface area contributed by atoms with Crippen LogP contribution in [0.25, 0.3) is 11.1 Å². The van der Waals surface area contributed by atoms with Crippen molar-refractivity contribution in [3.63, 3.8) is 0 Å². The Morgan fingerprint density at radius 1 is 0.882 bits per heavy atom. The summed E-state index contributed by atoms with van der Waals surface area (Å²) in [7, 11) is 0. The molecule has 0 unspecified atom stereocenters. The molecule has 0 aromatic heterocycles. The molecule has 0 atom stereocenters. The van der Waals surface area contributed by atoms with E-state index in [1.807, 2.05) is 36.4 Å². The van der Waals surface area contributed by atoms with E-state index in [-0.39, 0.29) is 0 Å². The Hall–Kier alpha value is -2.08. The summed E-state index contributed by atoms with van der Waals surface area (Å²) in [5.74, 6) is 10.4. The van der Waals surface area contributed by atoms with Crippen molar-refractivity contribution in [3.8, 4) is 11.1 Å². The number of nitrogen functional groups attached to an aromatic ring is 1. The summed E-state index contributed by atoms with van der Waals surface area (Å²) >= 11 is 0. The molecule has 5 nitrogen and oxygen atoms in total. The molecule has 2 rings (SSSR count). The molecule has 0 saturated carbocycles. The number of nitrogens with two attached hydrogens (primary N) is 2. The second-order valence-corrected chi connectivity index (χ2v) is 3.59. The topological polar surface area (TPSA) is 90.4 Å². The molecule has 88 valence electrons. The highest BCUT2D eigenvalue weighted by molar-refractivity contribution is 5.68. The number of rotatable bonds is 3. The van der Waals surface area contributed by atoms with Gasteiger partial charge in [-0.1, -0.05) is 24.3 Å². The summed E-state index contributed by atoms with van der Waals surface area (Å²) in [6, 6.07) is 14.7. The second-order valence-electron chi connectivity index (χ2n) is 3.59. The zero-order valence-electron chi connectivity index (χ0n) is 9.13. The van der Waals surface area contributed by atoms with E-state index in [1.54, 1.807) is 12.1 Å². The highest BCUT2D eigenvalue weighted by Crippen LogP contribution is 2.23. The predicted molar refractivity (Wildman–Crippen MR) is 69.7 cm³/mol. The monoisotopic (exact) mass is 229 g/mol. The molecule has 0 spiro atoms. The summed E-state index contributed by atoms with van der Waals surface area (Å²) in [5, 5.41) is 11.2. The minimum atomic E-state index is 0.339. The fourth-order valence-electron chi connectivity index (χ4n) is 1.56. The molecular weight excluding hydrogens is 216 g/mol. The lowest BCUT2D eigenvalue weighted by Crippen LogP contribution is -2.22. The van der Waals surface area contributed by atoms with E-state index in [4.69, 9.17) is 11.7 Å². The number of anilines is 2. The first kappa shape index (κ1) is 11.4. The van der Waals surface area contributed by atoms with Gasteiger partial charge < -0.3 is 15.8 Å². The van der Waals surface area contributed by atoms with Gasteiger partial charge in [0, 0.05) is 11.4 Å². The molecule has 0 saturated heterocycles. The van der Waals surface area contributed by atoms with Crippen LogP contribution in [0.3, 0.4) is 0 Å². The molecule has 0 aliphatic carbocycles. The second kappa shape index (κ2) is 4.84. The Bertz CT molecular complexity index is 479. The molecule has 0 aliphatic heterocycles. The molecule has 0 amide bonds. The normalized spacial score (nSPS) is 10.1. The zero-order chi connectivity index (χ0) is 12.3. The molecule has 5 N–H and O–H groups in total. The van der Waals surface area contributed by atoms with Gasteiger partial charge in [-0.3, -0.25) is 11.7 Å². The van der Waals surface area contributed by atoms with Gasteiger partial charge in [-0.05, 0) is 35.4 Å². The van der Waals surface area contributed by atoms with Crippen molar-refractivity contribution < 1.29 is 0 Å². The van der Waals surface area contributed by atoms with Gasteiger partial charge in [-0.15, -0.1) is 0 Å². The van der Waals surface area contributed by atoms with Crippen molar-refractivity contribution in [2.75, 3.05) is 10.6 Å². The van der Waals surface area contributed by atoms with Crippen molar-refractivity contribution in [2.45, 2.75) is 0 Å². The largest absolute Gasteiger partial charge is 0.743 e. The predicted octanol–water partition coefficient (Wildman–Crippen LogP) is 1.82. The van der Waals surface area contributed by atoms with Crippen molar-refractivity contribution >= 4 is 11.4 Å². The first-order chi connectivity index (χ1) is 8.20. The van der Waals surface area contributed by atoms with Gasteiger partial charge in [0.15, 0.2) is 0 Å². The molecular formula is C12H13N4O-. The van der Waals surface area contributed by atoms with Crippen LogP contribution in [0.5, 0.6) is 0 Å². The third kappa shape index (κ3) is 2.54. The van der Waals surface area contributed by atoms with Crippen LogP contribution >= 0.6 is 0 Å². The van der Waals surface area contributed by atoms with Crippen LogP contribution in [0, 0.1) is 5.21 Å². The SMILES string of the molecule is NNc1ccc(-c2ccc(N(N)[O-])cc2)cc1. The molecule has 0 radical (unpaired) electrons. The van der Waals surface area contributed by atoms with Crippen molar-refractivity contribution in [3.05, 3.63) is 53.7 Å². The standard InChI is InChI=1S/C12H13N4O/c13-15-11-5-1-9(2-6-11)10-3-7-12(8-4-10)16(14)17/h1-8,15H,13-14H2/q-1. The molecule has 0 fully saturated rings. The van der Waals surface area contributed by atoms with E-state index in [9.17, 15) is 5.21 Å². The van der Waals surface area contributed by atoms with E-state index >= 15 is 0 Å². The van der Waals surface area contributed by atoms with Gasteiger partial charge in [-0.25, -0.2) is 0 Å². The van der Waals surface area contributed by atoms with Gasteiger partial charge in [0.25, 0.3) is 0 Å². The number of hydrazine groups is 2. The Morgan fingerprint density at radius 3 is 1.76 bits per heavy atom.